The van der Waals surface area contributed by atoms with Crippen molar-refractivity contribution < 1.29 is 4.79 Å². The zero-order valence-corrected chi connectivity index (χ0v) is 11.3. The van der Waals surface area contributed by atoms with Gasteiger partial charge in [-0.05, 0) is 37.0 Å². The first-order valence-corrected chi connectivity index (χ1v) is 7.15. The first kappa shape index (κ1) is 13.7. The summed E-state index contributed by atoms with van der Waals surface area (Å²) in [5, 5.41) is 0. The zero-order chi connectivity index (χ0) is 12.0. The van der Waals surface area contributed by atoms with Crippen LogP contribution in [0.1, 0.15) is 72.1 Å². The third-order valence-electron chi connectivity index (χ3n) is 4.30. The Hall–Kier alpha value is -0.330. The van der Waals surface area contributed by atoms with Crippen LogP contribution in [-0.4, -0.2) is 5.78 Å². The molecule has 94 valence electrons. The van der Waals surface area contributed by atoms with E-state index >= 15 is 0 Å². The molecule has 0 N–H and O–H groups in total. The highest BCUT2D eigenvalue weighted by Gasteiger charge is 2.22. The normalized spacial score (nSPS) is 26.0. The number of hydrogen-bond donors (Lipinski definition) is 0. The molecule has 0 aromatic heterocycles. The van der Waals surface area contributed by atoms with E-state index in [9.17, 15) is 4.79 Å². The molecular weight excluding hydrogens is 196 g/mol. The fourth-order valence-electron chi connectivity index (χ4n) is 2.91. The Morgan fingerprint density at radius 3 is 2.31 bits per heavy atom. The van der Waals surface area contributed by atoms with Crippen molar-refractivity contribution in [2.45, 2.75) is 72.1 Å². The summed E-state index contributed by atoms with van der Waals surface area (Å²) in [4.78, 5) is 11.2. The standard InChI is InChI=1S/C15H28O/c1-4-15(16)7-5-6-13-8-10-14(11-9-13)12(2)3/h12-14H,4-11H2,1-3H3/t13-,14-. The highest BCUT2D eigenvalue weighted by Crippen LogP contribution is 2.35. The maximum absolute atomic E-state index is 11.2. The smallest absolute Gasteiger partial charge is 0.132 e. The van der Waals surface area contributed by atoms with Crippen LogP contribution in [0.2, 0.25) is 0 Å². The molecule has 1 saturated carbocycles. The van der Waals surface area contributed by atoms with Gasteiger partial charge in [0.15, 0.2) is 0 Å². The molecule has 0 aromatic rings. The number of carbonyl (C=O) groups is 1. The van der Waals surface area contributed by atoms with E-state index in [1.807, 2.05) is 6.92 Å². The molecule has 0 atom stereocenters. The maximum atomic E-state index is 11.2. The van der Waals surface area contributed by atoms with Crippen molar-refractivity contribution in [1.82, 2.24) is 0 Å². The first-order valence-electron chi connectivity index (χ1n) is 7.15. The fourth-order valence-corrected chi connectivity index (χ4v) is 2.91. The average Bonchev–Trinajstić information content (AvgIpc) is 2.29. The predicted molar refractivity (Wildman–Crippen MR) is 69.4 cm³/mol. The van der Waals surface area contributed by atoms with E-state index in [1.165, 1.54) is 32.1 Å². The van der Waals surface area contributed by atoms with Gasteiger partial charge in [0.2, 0.25) is 0 Å². The summed E-state index contributed by atoms with van der Waals surface area (Å²) in [5.74, 6) is 3.19. The SMILES string of the molecule is CCC(=O)CCC[C@H]1CC[C@H](C(C)C)CC1. The predicted octanol–water partition coefficient (Wildman–Crippen LogP) is 4.60. The second-order valence-corrected chi connectivity index (χ2v) is 5.81. The van der Waals surface area contributed by atoms with E-state index < -0.39 is 0 Å². The van der Waals surface area contributed by atoms with Gasteiger partial charge in [0.25, 0.3) is 0 Å². The Morgan fingerprint density at radius 2 is 1.81 bits per heavy atom. The largest absolute Gasteiger partial charge is 0.300 e. The van der Waals surface area contributed by atoms with E-state index in [0.29, 0.717) is 5.78 Å². The summed E-state index contributed by atoms with van der Waals surface area (Å²) in [6.07, 6.45) is 9.61. The molecule has 0 amide bonds. The van der Waals surface area contributed by atoms with Gasteiger partial charge in [0, 0.05) is 12.8 Å². The highest BCUT2D eigenvalue weighted by atomic mass is 16.1. The Bertz CT molecular complexity index is 199. The molecule has 0 aromatic carbocycles. The van der Waals surface area contributed by atoms with Crippen LogP contribution < -0.4 is 0 Å². The van der Waals surface area contributed by atoms with Gasteiger partial charge in [0.05, 0.1) is 0 Å². The molecule has 1 heteroatoms. The molecule has 0 unspecified atom stereocenters. The van der Waals surface area contributed by atoms with Gasteiger partial charge in [-0.3, -0.25) is 4.79 Å². The number of Topliss-reactive ketones (excluding diaryl/α,β-unsaturated/α-hetero) is 1. The maximum Gasteiger partial charge on any atom is 0.132 e. The Labute approximate surface area is 101 Å². The summed E-state index contributed by atoms with van der Waals surface area (Å²) in [6.45, 7) is 6.67. The average molecular weight is 224 g/mol. The van der Waals surface area contributed by atoms with Gasteiger partial charge in [-0.15, -0.1) is 0 Å². The topological polar surface area (TPSA) is 17.1 Å². The van der Waals surface area contributed by atoms with Crippen LogP contribution in [0.4, 0.5) is 0 Å². The number of hydrogen-bond acceptors (Lipinski definition) is 1. The lowest BCUT2D eigenvalue weighted by molar-refractivity contribution is -0.118. The summed E-state index contributed by atoms with van der Waals surface area (Å²) < 4.78 is 0. The summed E-state index contributed by atoms with van der Waals surface area (Å²) >= 11 is 0. The van der Waals surface area contributed by atoms with Gasteiger partial charge < -0.3 is 0 Å². The van der Waals surface area contributed by atoms with Crippen LogP contribution in [0.25, 0.3) is 0 Å². The first-order chi connectivity index (χ1) is 7.63. The molecule has 0 heterocycles. The Kier molecular flexibility index (Phi) is 6.08. The monoisotopic (exact) mass is 224 g/mol. The quantitative estimate of drug-likeness (QED) is 0.644. The Balaban J connectivity index is 2.10. The van der Waals surface area contributed by atoms with Crippen molar-refractivity contribution in [3.8, 4) is 0 Å². The van der Waals surface area contributed by atoms with Gasteiger partial charge in [0.1, 0.15) is 5.78 Å². The molecule has 1 nitrogen and oxygen atoms in total. The molecule has 1 aliphatic carbocycles. The second kappa shape index (κ2) is 7.09. The van der Waals surface area contributed by atoms with Gasteiger partial charge in [-0.1, -0.05) is 40.0 Å². The molecular formula is C15H28O. The lowest BCUT2D eigenvalue weighted by atomic mass is 9.75. The minimum Gasteiger partial charge on any atom is -0.300 e. The lowest BCUT2D eigenvalue weighted by Gasteiger charge is -2.30. The second-order valence-electron chi connectivity index (χ2n) is 5.81. The lowest BCUT2D eigenvalue weighted by Crippen LogP contribution is -2.18. The van der Waals surface area contributed by atoms with Crippen LogP contribution in [-0.2, 0) is 4.79 Å². The fraction of sp³-hybridized carbons (Fsp3) is 0.933. The van der Waals surface area contributed by atoms with Gasteiger partial charge >= 0.3 is 0 Å². The summed E-state index contributed by atoms with van der Waals surface area (Å²) in [5.41, 5.74) is 0. The van der Waals surface area contributed by atoms with Gasteiger partial charge in [-0.2, -0.15) is 0 Å². The molecule has 0 aliphatic heterocycles. The highest BCUT2D eigenvalue weighted by molar-refractivity contribution is 5.77. The molecule has 0 spiro atoms. The van der Waals surface area contributed by atoms with Crippen LogP contribution in [0.15, 0.2) is 0 Å². The third kappa shape index (κ3) is 4.67. The van der Waals surface area contributed by atoms with E-state index in [0.717, 1.165) is 37.0 Å². The van der Waals surface area contributed by atoms with Crippen LogP contribution in [0, 0.1) is 17.8 Å². The van der Waals surface area contributed by atoms with Gasteiger partial charge in [-0.25, -0.2) is 0 Å². The molecule has 0 radical (unpaired) electrons. The number of carbonyl (C=O) groups excluding carboxylic acids is 1. The van der Waals surface area contributed by atoms with Crippen molar-refractivity contribution in [2.75, 3.05) is 0 Å². The van der Waals surface area contributed by atoms with Crippen molar-refractivity contribution in [3.63, 3.8) is 0 Å². The van der Waals surface area contributed by atoms with E-state index in [4.69, 9.17) is 0 Å². The van der Waals surface area contributed by atoms with Crippen LogP contribution in [0.3, 0.4) is 0 Å². The van der Waals surface area contributed by atoms with Crippen molar-refractivity contribution in [1.29, 1.82) is 0 Å². The molecule has 0 saturated heterocycles. The zero-order valence-electron chi connectivity index (χ0n) is 11.3. The van der Waals surface area contributed by atoms with Crippen LogP contribution >= 0.6 is 0 Å². The number of ketones is 1. The third-order valence-corrected chi connectivity index (χ3v) is 4.30. The van der Waals surface area contributed by atoms with Crippen molar-refractivity contribution >= 4 is 5.78 Å². The summed E-state index contributed by atoms with van der Waals surface area (Å²) in [6, 6.07) is 0. The minimum absolute atomic E-state index is 0.441. The van der Waals surface area contributed by atoms with E-state index in [1.54, 1.807) is 0 Å². The Morgan fingerprint density at radius 1 is 1.19 bits per heavy atom. The molecule has 1 aliphatic rings. The summed E-state index contributed by atoms with van der Waals surface area (Å²) in [7, 11) is 0. The van der Waals surface area contributed by atoms with Crippen molar-refractivity contribution in [3.05, 3.63) is 0 Å². The van der Waals surface area contributed by atoms with Crippen LogP contribution in [0.5, 0.6) is 0 Å². The number of rotatable bonds is 6. The minimum atomic E-state index is 0.441. The van der Waals surface area contributed by atoms with Crippen molar-refractivity contribution in [2.24, 2.45) is 17.8 Å². The molecule has 0 bridgehead atoms. The molecule has 16 heavy (non-hydrogen) atoms. The van der Waals surface area contributed by atoms with E-state index in [2.05, 4.69) is 13.8 Å². The van der Waals surface area contributed by atoms with E-state index in [-0.39, 0.29) is 0 Å². The molecule has 1 rings (SSSR count). The molecule has 1 fully saturated rings.